The van der Waals surface area contributed by atoms with Crippen LogP contribution in [-0.2, 0) is 9.47 Å². The molecular formula is C17H29N7O3. The van der Waals surface area contributed by atoms with Gasteiger partial charge in [-0.3, -0.25) is 0 Å². The Morgan fingerprint density at radius 3 is 2.74 bits per heavy atom. The van der Waals surface area contributed by atoms with Gasteiger partial charge in [0.1, 0.15) is 0 Å². The smallest absolute Gasteiger partial charge is 0.245 e. The number of likely N-dealkylation sites (tertiary alicyclic amines) is 1. The lowest BCUT2D eigenvalue weighted by Gasteiger charge is -2.24. The van der Waals surface area contributed by atoms with E-state index < -0.39 is 0 Å². The summed E-state index contributed by atoms with van der Waals surface area (Å²) in [5.74, 6) is 2.05. The summed E-state index contributed by atoms with van der Waals surface area (Å²) in [7, 11) is 5.49. The van der Waals surface area contributed by atoms with Crippen molar-refractivity contribution in [2.24, 2.45) is 5.92 Å². The molecule has 3 heterocycles. The molecule has 0 spiro atoms. The molecule has 0 bridgehead atoms. The van der Waals surface area contributed by atoms with Crippen molar-refractivity contribution in [3.05, 3.63) is 0 Å². The van der Waals surface area contributed by atoms with Crippen molar-refractivity contribution in [1.29, 1.82) is 0 Å². The Bertz CT molecular complexity index is 711. The Labute approximate surface area is 159 Å². The molecule has 1 N–H and O–H groups in total. The Morgan fingerprint density at radius 1 is 1.19 bits per heavy atom. The van der Waals surface area contributed by atoms with Crippen molar-refractivity contribution in [3.63, 3.8) is 0 Å². The molecule has 0 amide bonds. The number of anilines is 2. The first-order chi connectivity index (χ1) is 13.2. The topological polar surface area (TPSA) is 102 Å². The Kier molecular flexibility index (Phi) is 7.13. The van der Waals surface area contributed by atoms with E-state index in [0.29, 0.717) is 29.6 Å². The van der Waals surface area contributed by atoms with Crippen molar-refractivity contribution < 1.29 is 14.1 Å². The lowest BCUT2D eigenvalue weighted by atomic mass is 10.1. The molecule has 0 aromatic carbocycles. The minimum Gasteiger partial charge on any atom is -0.385 e. The highest BCUT2D eigenvalue weighted by Crippen LogP contribution is 2.25. The van der Waals surface area contributed by atoms with E-state index in [1.54, 1.807) is 14.2 Å². The predicted octanol–water partition coefficient (Wildman–Crippen LogP) is 0.866. The standard InChI is InChI=1S/C17H29N7O3/c1-23(11-13-5-7-24(12-13)8-10-26-3)17-16(18-6-4-9-25-2)19-14-15(20-17)22-27-21-14/h13H,4-12H2,1-3H3,(H,18,19,21)/t13-/m0/s1. The van der Waals surface area contributed by atoms with Crippen LogP contribution in [0.1, 0.15) is 12.8 Å². The van der Waals surface area contributed by atoms with E-state index in [9.17, 15) is 0 Å². The van der Waals surface area contributed by atoms with Crippen molar-refractivity contribution >= 4 is 22.9 Å². The van der Waals surface area contributed by atoms with E-state index in [-0.39, 0.29) is 0 Å². The van der Waals surface area contributed by atoms with Gasteiger partial charge in [-0.25, -0.2) is 14.6 Å². The van der Waals surface area contributed by atoms with E-state index in [1.807, 2.05) is 7.05 Å². The molecule has 1 aliphatic heterocycles. The maximum absolute atomic E-state index is 5.18. The molecule has 2 aromatic heterocycles. The number of rotatable bonds is 11. The average Bonchev–Trinajstić information content (AvgIpc) is 3.31. The fraction of sp³-hybridized carbons (Fsp3) is 0.765. The summed E-state index contributed by atoms with van der Waals surface area (Å²) in [6.45, 7) is 6.29. The molecule has 150 valence electrons. The second-order valence-corrected chi connectivity index (χ2v) is 6.91. The van der Waals surface area contributed by atoms with E-state index in [1.165, 1.54) is 6.42 Å². The van der Waals surface area contributed by atoms with Crippen molar-refractivity contribution in [2.75, 3.05) is 77.4 Å². The number of hydrogen-bond acceptors (Lipinski definition) is 10. The predicted molar refractivity (Wildman–Crippen MR) is 102 cm³/mol. The number of hydrogen-bond donors (Lipinski definition) is 1. The molecule has 10 heteroatoms. The first-order valence-corrected chi connectivity index (χ1v) is 9.36. The maximum atomic E-state index is 5.18. The van der Waals surface area contributed by atoms with Crippen molar-refractivity contribution in [2.45, 2.75) is 12.8 Å². The zero-order valence-electron chi connectivity index (χ0n) is 16.3. The molecule has 27 heavy (non-hydrogen) atoms. The van der Waals surface area contributed by atoms with Gasteiger partial charge in [0.25, 0.3) is 0 Å². The fourth-order valence-electron chi connectivity index (χ4n) is 3.40. The van der Waals surface area contributed by atoms with E-state index in [2.05, 4.69) is 35.4 Å². The zero-order valence-corrected chi connectivity index (χ0v) is 16.3. The van der Waals surface area contributed by atoms with Crippen molar-refractivity contribution in [1.82, 2.24) is 25.2 Å². The van der Waals surface area contributed by atoms with Gasteiger partial charge in [0.2, 0.25) is 11.3 Å². The van der Waals surface area contributed by atoms with E-state index in [0.717, 1.165) is 51.6 Å². The van der Waals surface area contributed by atoms with Gasteiger partial charge in [-0.15, -0.1) is 0 Å². The monoisotopic (exact) mass is 379 g/mol. The first kappa shape index (κ1) is 19.7. The molecule has 1 saturated heterocycles. The molecule has 10 nitrogen and oxygen atoms in total. The van der Waals surface area contributed by atoms with Crippen LogP contribution in [0.15, 0.2) is 4.63 Å². The average molecular weight is 379 g/mol. The van der Waals surface area contributed by atoms with Gasteiger partial charge in [-0.2, -0.15) is 0 Å². The summed E-state index contributed by atoms with van der Waals surface area (Å²) in [6, 6.07) is 0. The van der Waals surface area contributed by atoms with Gasteiger partial charge in [0.05, 0.1) is 6.61 Å². The fourth-order valence-corrected chi connectivity index (χ4v) is 3.40. The summed E-state index contributed by atoms with van der Waals surface area (Å²) >= 11 is 0. The van der Waals surface area contributed by atoms with Crippen LogP contribution < -0.4 is 10.2 Å². The van der Waals surface area contributed by atoms with Crippen LogP contribution in [0.5, 0.6) is 0 Å². The molecule has 2 aromatic rings. The number of fused-ring (bicyclic) bond motifs is 1. The Hall–Kier alpha value is -2.04. The molecule has 1 aliphatic rings. The largest absolute Gasteiger partial charge is 0.385 e. The molecule has 1 fully saturated rings. The summed E-state index contributed by atoms with van der Waals surface area (Å²) in [6.07, 6.45) is 2.05. The van der Waals surface area contributed by atoms with Gasteiger partial charge in [-0.1, -0.05) is 0 Å². The van der Waals surface area contributed by atoms with E-state index >= 15 is 0 Å². The lowest BCUT2D eigenvalue weighted by Crippen LogP contribution is -2.30. The summed E-state index contributed by atoms with van der Waals surface area (Å²) < 4.78 is 15.1. The lowest BCUT2D eigenvalue weighted by molar-refractivity contribution is 0.159. The van der Waals surface area contributed by atoms with Crippen LogP contribution >= 0.6 is 0 Å². The number of ether oxygens (including phenoxy) is 2. The van der Waals surface area contributed by atoms with Gasteiger partial charge in [-0.05, 0) is 35.6 Å². The number of nitrogens with one attached hydrogen (secondary N) is 1. The molecule has 3 rings (SSSR count). The van der Waals surface area contributed by atoms with Crippen molar-refractivity contribution in [3.8, 4) is 0 Å². The highest BCUT2D eigenvalue weighted by Gasteiger charge is 2.25. The molecule has 0 aliphatic carbocycles. The van der Waals surface area contributed by atoms with E-state index in [4.69, 9.17) is 14.1 Å². The SMILES string of the molecule is COCCCNc1nc2nonc2nc1N(C)C[C@@H]1CCN(CCOC)C1. The Balaban J connectivity index is 1.66. The summed E-state index contributed by atoms with van der Waals surface area (Å²) in [5.41, 5.74) is 0.834. The third-order valence-corrected chi connectivity index (χ3v) is 4.79. The minimum atomic E-state index is 0.410. The van der Waals surface area contributed by atoms with Crippen LogP contribution in [0.25, 0.3) is 11.3 Å². The quantitative estimate of drug-likeness (QED) is 0.566. The third-order valence-electron chi connectivity index (χ3n) is 4.79. The number of aromatic nitrogens is 4. The molecule has 0 radical (unpaired) electrons. The number of nitrogens with zero attached hydrogens (tertiary/aromatic N) is 6. The van der Waals surface area contributed by atoms with Crippen LogP contribution in [0.3, 0.4) is 0 Å². The molecule has 1 atom stereocenters. The highest BCUT2D eigenvalue weighted by atomic mass is 16.6. The molecular weight excluding hydrogens is 350 g/mol. The maximum Gasteiger partial charge on any atom is 0.245 e. The van der Waals surface area contributed by atoms with Crippen LogP contribution in [0.4, 0.5) is 11.6 Å². The Morgan fingerprint density at radius 2 is 1.96 bits per heavy atom. The third kappa shape index (κ3) is 5.24. The molecule has 0 saturated carbocycles. The van der Waals surface area contributed by atoms with Crippen LogP contribution in [0, 0.1) is 5.92 Å². The second-order valence-electron chi connectivity index (χ2n) is 6.91. The zero-order chi connectivity index (χ0) is 19.1. The van der Waals surface area contributed by atoms with Gasteiger partial charge >= 0.3 is 0 Å². The second kappa shape index (κ2) is 9.77. The van der Waals surface area contributed by atoms with Gasteiger partial charge in [0.15, 0.2) is 11.6 Å². The molecule has 0 unspecified atom stereocenters. The highest BCUT2D eigenvalue weighted by molar-refractivity contribution is 5.73. The van der Waals surface area contributed by atoms with Gasteiger partial charge < -0.3 is 24.6 Å². The number of methoxy groups -OCH3 is 2. The van der Waals surface area contributed by atoms with Crippen LogP contribution in [-0.4, -0.2) is 92.4 Å². The van der Waals surface area contributed by atoms with Gasteiger partial charge in [0, 0.05) is 54.1 Å². The normalized spacial score (nSPS) is 17.7. The van der Waals surface area contributed by atoms with Crippen LogP contribution in [0.2, 0.25) is 0 Å². The summed E-state index contributed by atoms with van der Waals surface area (Å²) in [4.78, 5) is 13.7. The first-order valence-electron chi connectivity index (χ1n) is 9.36. The summed E-state index contributed by atoms with van der Waals surface area (Å²) in [5, 5.41) is 11.0. The minimum absolute atomic E-state index is 0.410.